The van der Waals surface area contributed by atoms with Gasteiger partial charge in [-0.15, -0.1) is 0 Å². The molecule has 0 radical (unpaired) electrons. The summed E-state index contributed by atoms with van der Waals surface area (Å²) in [4.78, 5) is 13.8. The molecule has 2 aliphatic heterocycles. The predicted molar refractivity (Wildman–Crippen MR) is 66.4 cm³/mol. The van der Waals surface area contributed by atoms with E-state index in [1.807, 2.05) is 11.9 Å². The van der Waals surface area contributed by atoms with Crippen molar-refractivity contribution in [2.45, 2.75) is 24.9 Å². The second kappa shape index (κ2) is 6.10. The highest BCUT2D eigenvalue weighted by Crippen LogP contribution is 2.22. The van der Waals surface area contributed by atoms with Gasteiger partial charge in [-0.1, -0.05) is 0 Å². The van der Waals surface area contributed by atoms with Crippen LogP contribution in [-0.2, 0) is 14.3 Å². The number of hydrogen-bond donors (Lipinski definition) is 1. The molecule has 1 N–H and O–H groups in total. The van der Waals surface area contributed by atoms with E-state index in [4.69, 9.17) is 9.47 Å². The Kier molecular flexibility index (Phi) is 4.72. The molecule has 0 aliphatic carbocycles. The molecule has 0 aromatic heterocycles. The first-order chi connectivity index (χ1) is 8.59. The molecule has 5 nitrogen and oxygen atoms in total. The van der Waals surface area contributed by atoms with Gasteiger partial charge in [-0.25, -0.2) is 0 Å². The van der Waals surface area contributed by atoms with Gasteiger partial charge >= 0.3 is 0 Å². The van der Waals surface area contributed by atoms with Gasteiger partial charge in [0.1, 0.15) is 5.78 Å². The molecule has 0 amide bonds. The Bertz CT molecular complexity index is 289. The van der Waals surface area contributed by atoms with Crippen LogP contribution >= 0.6 is 0 Å². The molecule has 2 aliphatic rings. The fourth-order valence-electron chi connectivity index (χ4n) is 2.70. The fraction of sp³-hybridized carbons (Fsp3) is 0.923. The highest BCUT2D eigenvalue weighted by molar-refractivity contribution is 5.82. The number of likely N-dealkylation sites (N-methyl/N-ethyl adjacent to an activating group) is 1. The molecule has 0 aromatic carbocycles. The van der Waals surface area contributed by atoms with Gasteiger partial charge in [0.05, 0.1) is 24.7 Å². The van der Waals surface area contributed by atoms with Gasteiger partial charge in [-0.3, -0.25) is 4.79 Å². The number of carbonyl (C=O) groups is 1. The Hall–Kier alpha value is -0.490. The number of carbonyl (C=O) groups excluding carboxylic acids is 1. The van der Waals surface area contributed by atoms with Gasteiger partial charge in [-0.2, -0.15) is 0 Å². The van der Waals surface area contributed by atoms with Crippen molar-refractivity contribution in [3.05, 3.63) is 0 Å². The van der Waals surface area contributed by atoms with E-state index >= 15 is 0 Å². The second-order valence-corrected chi connectivity index (χ2v) is 5.52. The first-order valence-corrected chi connectivity index (χ1v) is 6.68. The van der Waals surface area contributed by atoms with Crippen LogP contribution in [0.25, 0.3) is 0 Å². The molecule has 2 fully saturated rings. The Balaban J connectivity index is 1.80. The lowest BCUT2D eigenvalue weighted by Gasteiger charge is -2.36. The van der Waals surface area contributed by atoms with Crippen LogP contribution < -0.4 is 0 Å². The summed E-state index contributed by atoms with van der Waals surface area (Å²) in [6.45, 7) is 3.58. The van der Waals surface area contributed by atoms with E-state index in [2.05, 4.69) is 0 Å². The zero-order chi connectivity index (χ0) is 13.0. The van der Waals surface area contributed by atoms with Crippen LogP contribution in [0, 0.1) is 5.92 Å². The van der Waals surface area contributed by atoms with E-state index in [9.17, 15) is 9.90 Å². The molecule has 104 valence electrons. The van der Waals surface area contributed by atoms with Crippen LogP contribution in [0.1, 0.15) is 19.3 Å². The highest BCUT2D eigenvalue weighted by Gasteiger charge is 2.32. The normalized spacial score (nSPS) is 28.6. The number of hydrogen-bond acceptors (Lipinski definition) is 5. The Morgan fingerprint density at radius 3 is 2.72 bits per heavy atom. The minimum atomic E-state index is -0.661. The number of ether oxygens (including phenoxy) is 2. The van der Waals surface area contributed by atoms with Crippen LogP contribution in [0.15, 0.2) is 0 Å². The quantitative estimate of drug-likeness (QED) is 0.772. The van der Waals surface area contributed by atoms with Crippen molar-refractivity contribution in [3.63, 3.8) is 0 Å². The molecular weight excluding hydrogens is 234 g/mol. The third-order valence-electron chi connectivity index (χ3n) is 3.79. The minimum Gasteiger partial charge on any atom is -0.388 e. The Morgan fingerprint density at radius 2 is 2.06 bits per heavy atom. The molecule has 2 rings (SSSR count). The van der Waals surface area contributed by atoms with Crippen molar-refractivity contribution < 1.29 is 19.4 Å². The Morgan fingerprint density at radius 1 is 1.33 bits per heavy atom. The molecule has 2 heterocycles. The zero-order valence-corrected chi connectivity index (χ0v) is 11.1. The van der Waals surface area contributed by atoms with Crippen molar-refractivity contribution in [3.8, 4) is 0 Å². The summed E-state index contributed by atoms with van der Waals surface area (Å²) in [7, 11) is 1.95. The number of Topliss-reactive ketones (excluding diaryl/α,β-unsaturated/α-hetero) is 1. The minimum absolute atomic E-state index is 0.0350. The number of ketones is 1. The van der Waals surface area contributed by atoms with Crippen molar-refractivity contribution in [1.82, 2.24) is 4.90 Å². The topological polar surface area (TPSA) is 59.0 Å². The summed E-state index contributed by atoms with van der Waals surface area (Å²) in [5.74, 6) is 0.249. The zero-order valence-electron chi connectivity index (χ0n) is 11.1. The molecule has 0 aromatic rings. The largest absolute Gasteiger partial charge is 0.388 e. The molecule has 5 heteroatoms. The lowest BCUT2D eigenvalue weighted by atomic mass is 9.93. The number of aliphatic hydroxyl groups is 1. The van der Waals surface area contributed by atoms with Crippen molar-refractivity contribution >= 4 is 5.78 Å². The summed E-state index contributed by atoms with van der Waals surface area (Å²) < 4.78 is 10.6. The first kappa shape index (κ1) is 13.9. The van der Waals surface area contributed by atoms with Crippen LogP contribution in [0.4, 0.5) is 0 Å². The summed E-state index contributed by atoms with van der Waals surface area (Å²) in [6.07, 6.45) is 1.87. The van der Waals surface area contributed by atoms with E-state index in [0.717, 1.165) is 0 Å². The lowest BCUT2D eigenvalue weighted by molar-refractivity contribution is -0.132. The van der Waals surface area contributed by atoms with Gasteiger partial charge in [-0.05, 0) is 7.05 Å². The molecule has 2 saturated heterocycles. The van der Waals surface area contributed by atoms with E-state index in [1.54, 1.807) is 0 Å². The third-order valence-corrected chi connectivity index (χ3v) is 3.79. The standard InChI is InChI=1S/C13H23NO4/c1-14(8-11-9-18-5-2-12(11)15)10-13(16)3-6-17-7-4-13/h11,16H,2-10H2,1H3. The molecule has 18 heavy (non-hydrogen) atoms. The number of rotatable bonds is 4. The summed E-state index contributed by atoms with van der Waals surface area (Å²) in [5.41, 5.74) is -0.661. The number of nitrogens with zero attached hydrogens (tertiary/aromatic N) is 1. The first-order valence-electron chi connectivity index (χ1n) is 6.68. The maximum atomic E-state index is 11.7. The van der Waals surface area contributed by atoms with Crippen LogP contribution in [0.2, 0.25) is 0 Å². The molecule has 0 bridgehead atoms. The average Bonchev–Trinajstić information content (AvgIpc) is 2.32. The van der Waals surface area contributed by atoms with E-state index in [0.29, 0.717) is 58.8 Å². The van der Waals surface area contributed by atoms with Crippen molar-refractivity contribution in [2.24, 2.45) is 5.92 Å². The Labute approximate surface area is 108 Å². The molecular formula is C13H23NO4. The van der Waals surface area contributed by atoms with Gasteiger partial charge < -0.3 is 19.5 Å². The van der Waals surface area contributed by atoms with Crippen molar-refractivity contribution in [1.29, 1.82) is 0 Å². The SMILES string of the molecule is CN(CC1COCCC1=O)CC1(O)CCOCC1. The van der Waals surface area contributed by atoms with Crippen LogP contribution in [0.5, 0.6) is 0 Å². The second-order valence-electron chi connectivity index (χ2n) is 5.52. The van der Waals surface area contributed by atoms with E-state index in [1.165, 1.54) is 0 Å². The summed E-state index contributed by atoms with van der Waals surface area (Å²) in [6, 6.07) is 0. The van der Waals surface area contributed by atoms with Gasteiger partial charge in [0.25, 0.3) is 0 Å². The predicted octanol–water partition coefficient (Wildman–Crippen LogP) is 0.0653. The lowest BCUT2D eigenvalue weighted by Crippen LogP contribution is -2.48. The van der Waals surface area contributed by atoms with Gasteiger partial charge in [0.2, 0.25) is 0 Å². The molecule has 1 atom stereocenters. The fourth-order valence-corrected chi connectivity index (χ4v) is 2.70. The molecule has 1 unspecified atom stereocenters. The van der Waals surface area contributed by atoms with Gasteiger partial charge in [0, 0.05) is 45.6 Å². The van der Waals surface area contributed by atoms with E-state index in [-0.39, 0.29) is 11.7 Å². The monoisotopic (exact) mass is 257 g/mol. The van der Waals surface area contributed by atoms with Crippen molar-refractivity contribution in [2.75, 3.05) is 46.6 Å². The smallest absolute Gasteiger partial charge is 0.141 e. The van der Waals surface area contributed by atoms with E-state index < -0.39 is 5.60 Å². The average molecular weight is 257 g/mol. The highest BCUT2D eigenvalue weighted by atomic mass is 16.5. The van der Waals surface area contributed by atoms with Crippen LogP contribution in [-0.4, -0.2) is 68.0 Å². The maximum absolute atomic E-state index is 11.7. The summed E-state index contributed by atoms with van der Waals surface area (Å²) in [5, 5.41) is 10.4. The molecule has 0 spiro atoms. The molecule has 0 saturated carbocycles. The summed E-state index contributed by atoms with van der Waals surface area (Å²) >= 11 is 0. The third kappa shape index (κ3) is 3.75. The van der Waals surface area contributed by atoms with Crippen LogP contribution in [0.3, 0.4) is 0 Å². The maximum Gasteiger partial charge on any atom is 0.141 e. The van der Waals surface area contributed by atoms with Gasteiger partial charge in [0.15, 0.2) is 0 Å².